The van der Waals surface area contributed by atoms with E-state index in [2.05, 4.69) is 15.5 Å². The maximum Gasteiger partial charge on any atom is 0.316 e. The van der Waals surface area contributed by atoms with Crippen LogP contribution in [0.4, 0.5) is 16.2 Å². The van der Waals surface area contributed by atoms with Crippen LogP contribution in [0, 0.1) is 0 Å². The van der Waals surface area contributed by atoms with Crippen molar-refractivity contribution in [3.8, 4) is 0 Å². The molecule has 7 heteroatoms. The molecule has 0 unspecified atom stereocenters. The molecule has 21 heavy (non-hydrogen) atoms. The van der Waals surface area contributed by atoms with Crippen molar-refractivity contribution >= 4 is 23.3 Å². The molecule has 0 aromatic heterocycles. The highest BCUT2D eigenvalue weighted by atomic mass is 16.2. The van der Waals surface area contributed by atoms with Gasteiger partial charge in [0.1, 0.15) is 0 Å². The highest BCUT2D eigenvalue weighted by molar-refractivity contribution is 5.94. The van der Waals surface area contributed by atoms with E-state index in [4.69, 9.17) is 11.5 Å². The van der Waals surface area contributed by atoms with E-state index in [0.29, 0.717) is 17.9 Å². The van der Waals surface area contributed by atoms with Gasteiger partial charge in [-0.05, 0) is 31.0 Å². The number of rotatable bonds is 4. The van der Waals surface area contributed by atoms with Crippen LogP contribution in [0.15, 0.2) is 24.3 Å². The number of hydrogen-bond acceptors (Lipinski definition) is 4. The Labute approximate surface area is 123 Å². The standard InChI is InChI=1S/C14H21N5O2/c15-10-4-6-19(7-5-10)9-13(20)17-11-2-1-3-12(8-11)18-14(16)21/h1-3,8,10H,4-7,9,15H2,(H,17,20)(H3,16,18,21). The Hall–Kier alpha value is -2.12. The quantitative estimate of drug-likeness (QED) is 0.648. The topological polar surface area (TPSA) is 113 Å². The second-order valence-corrected chi connectivity index (χ2v) is 5.23. The van der Waals surface area contributed by atoms with Gasteiger partial charge in [-0.3, -0.25) is 9.69 Å². The molecular formula is C14H21N5O2. The predicted octanol–water partition coefficient (Wildman–Crippen LogP) is 0.539. The summed E-state index contributed by atoms with van der Waals surface area (Å²) >= 11 is 0. The fourth-order valence-corrected chi connectivity index (χ4v) is 2.33. The minimum absolute atomic E-state index is 0.0818. The summed E-state index contributed by atoms with van der Waals surface area (Å²) < 4.78 is 0. The Morgan fingerprint density at radius 1 is 1.19 bits per heavy atom. The zero-order valence-corrected chi connectivity index (χ0v) is 11.8. The molecule has 2 rings (SSSR count). The summed E-state index contributed by atoms with van der Waals surface area (Å²) in [7, 11) is 0. The Morgan fingerprint density at radius 3 is 2.43 bits per heavy atom. The monoisotopic (exact) mass is 291 g/mol. The van der Waals surface area contributed by atoms with Crippen LogP contribution in [0.3, 0.4) is 0 Å². The van der Waals surface area contributed by atoms with E-state index in [0.717, 1.165) is 25.9 Å². The predicted molar refractivity (Wildman–Crippen MR) is 81.9 cm³/mol. The van der Waals surface area contributed by atoms with Crippen LogP contribution < -0.4 is 22.1 Å². The summed E-state index contributed by atoms with van der Waals surface area (Å²) in [5.41, 5.74) is 12.1. The molecule has 6 N–H and O–H groups in total. The van der Waals surface area contributed by atoms with E-state index >= 15 is 0 Å². The van der Waals surface area contributed by atoms with Crippen LogP contribution >= 0.6 is 0 Å². The molecule has 1 saturated heterocycles. The molecule has 1 heterocycles. The number of hydrogen-bond donors (Lipinski definition) is 4. The summed E-state index contributed by atoms with van der Waals surface area (Å²) in [6.07, 6.45) is 1.84. The Morgan fingerprint density at radius 2 is 1.81 bits per heavy atom. The van der Waals surface area contributed by atoms with Crippen molar-refractivity contribution in [3.05, 3.63) is 24.3 Å². The molecule has 1 aromatic rings. The van der Waals surface area contributed by atoms with Crippen molar-refractivity contribution in [2.75, 3.05) is 30.3 Å². The zero-order chi connectivity index (χ0) is 15.2. The van der Waals surface area contributed by atoms with Gasteiger partial charge < -0.3 is 22.1 Å². The minimum atomic E-state index is -0.636. The average Bonchev–Trinajstić information content (AvgIpc) is 2.41. The minimum Gasteiger partial charge on any atom is -0.351 e. The third kappa shape index (κ3) is 5.05. The van der Waals surface area contributed by atoms with Gasteiger partial charge in [-0.15, -0.1) is 0 Å². The molecule has 0 spiro atoms. The summed E-state index contributed by atoms with van der Waals surface area (Å²) in [6, 6.07) is 6.47. The molecule has 0 bridgehead atoms. The number of nitrogens with zero attached hydrogens (tertiary/aromatic N) is 1. The lowest BCUT2D eigenvalue weighted by Crippen LogP contribution is -2.43. The number of primary amides is 1. The van der Waals surface area contributed by atoms with E-state index in [1.54, 1.807) is 24.3 Å². The average molecular weight is 291 g/mol. The fourth-order valence-electron chi connectivity index (χ4n) is 2.33. The molecule has 1 aliphatic heterocycles. The summed E-state index contributed by atoms with van der Waals surface area (Å²) in [6.45, 7) is 2.04. The number of likely N-dealkylation sites (tertiary alicyclic amines) is 1. The van der Waals surface area contributed by atoms with Gasteiger partial charge in [-0.1, -0.05) is 6.07 Å². The van der Waals surface area contributed by atoms with Crippen molar-refractivity contribution in [1.82, 2.24) is 4.90 Å². The van der Waals surface area contributed by atoms with Crippen LogP contribution in [0.5, 0.6) is 0 Å². The largest absolute Gasteiger partial charge is 0.351 e. The zero-order valence-electron chi connectivity index (χ0n) is 11.8. The van der Waals surface area contributed by atoms with Crippen LogP contribution in [-0.4, -0.2) is 42.5 Å². The molecule has 1 aromatic carbocycles. The van der Waals surface area contributed by atoms with E-state index in [9.17, 15) is 9.59 Å². The number of nitrogens with one attached hydrogen (secondary N) is 2. The number of anilines is 2. The summed E-state index contributed by atoms with van der Waals surface area (Å²) in [5.74, 6) is -0.0818. The summed E-state index contributed by atoms with van der Waals surface area (Å²) in [4.78, 5) is 24.9. The third-order valence-electron chi connectivity index (χ3n) is 3.41. The smallest absolute Gasteiger partial charge is 0.316 e. The Balaban J connectivity index is 1.86. The third-order valence-corrected chi connectivity index (χ3v) is 3.41. The van der Waals surface area contributed by atoms with E-state index in [1.807, 2.05) is 0 Å². The van der Waals surface area contributed by atoms with Crippen molar-refractivity contribution < 1.29 is 9.59 Å². The van der Waals surface area contributed by atoms with Gasteiger partial charge in [-0.25, -0.2) is 4.79 Å². The molecule has 114 valence electrons. The molecule has 0 radical (unpaired) electrons. The van der Waals surface area contributed by atoms with Crippen LogP contribution in [-0.2, 0) is 4.79 Å². The Kier molecular flexibility index (Phi) is 5.13. The van der Waals surface area contributed by atoms with Gasteiger partial charge in [-0.2, -0.15) is 0 Å². The highest BCUT2D eigenvalue weighted by Crippen LogP contribution is 2.15. The second kappa shape index (κ2) is 7.05. The van der Waals surface area contributed by atoms with Gasteiger partial charge in [0.05, 0.1) is 6.54 Å². The number of nitrogens with two attached hydrogens (primary N) is 2. The van der Waals surface area contributed by atoms with E-state index < -0.39 is 6.03 Å². The van der Waals surface area contributed by atoms with Crippen LogP contribution in [0.2, 0.25) is 0 Å². The molecule has 7 nitrogen and oxygen atoms in total. The molecule has 1 fully saturated rings. The normalized spacial score (nSPS) is 16.4. The first kappa shape index (κ1) is 15.3. The van der Waals surface area contributed by atoms with Gasteiger partial charge >= 0.3 is 6.03 Å². The fraction of sp³-hybridized carbons (Fsp3) is 0.429. The van der Waals surface area contributed by atoms with Gasteiger partial charge in [0, 0.05) is 30.5 Å². The van der Waals surface area contributed by atoms with Gasteiger partial charge in [0.25, 0.3) is 0 Å². The number of carbonyl (C=O) groups is 2. The number of benzene rings is 1. The lowest BCUT2D eigenvalue weighted by atomic mass is 10.1. The van der Waals surface area contributed by atoms with Crippen molar-refractivity contribution in [3.63, 3.8) is 0 Å². The van der Waals surface area contributed by atoms with E-state index in [-0.39, 0.29) is 11.9 Å². The highest BCUT2D eigenvalue weighted by Gasteiger charge is 2.18. The van der Waals surface area contributed by atoms with Crippen LogP contribution in [0.1, 0.15) is 12.8 Å². The molecule has 3 amide bonds. The maximum atomic E-state index is 12.0. The van der Waals surface area contributed by atoms with Crippen molar-refractivity contribution in [2.24, 2.45) is 11.5 Å². The molecular weight excluding hydrogens is 270 g/mol. The maximum absolute atomic E-state index is 12.0. The first-order valence-electron chi connectivity index (χ1n) is 6.97. The second-order valence-electron chi connectivity index (χ2n) is 5.23. The number of amides is 3. The molecule has 1 aliphatic rings. The molecule has 0 saturated carbocycles. The van der Waals surface area contributed by atoms with E-state index in [1.165, 1.54) is 0 Å². The Bertz CT molecular complexity index is 512. The van der Waals surface area contributed by atoms with Crippen LogP contribution in [0.25, 0.3) is 0 Å². The molecule has 0 aliphatic carbocycles. The number of urea groups is 1. The number of carbonyl (C=O) groups excluding carboxylic acids is 2. The first-order valence-corrected chi connectivity index (χ1v) is 6.97. The van der Waals surface area contributed by atoms with Crippen molar-refractivity contribution in [1.29, 1.82) is 0 Å². The number of piperidine rings is 1. The molecule has 0 atom stereocenters. The lowest BCUT2D eigenvalue weighted by Gasteiger charge is -2.29. The SMILES string of the molecule is NC(=O)Nc1cccc(NC(=O)CN2CCC(N)CC2)c1. The summed E-state index contributed by atoms with van der Waals surface area (Å²) in [5, 5.41) is 5.28. The van der Waals surface area contributed by atoms with Crippen molar-refractivity contribution in [2.45, 2.75) is 18.9 Å². The van der Waals surface area contributed by atoms with Gasteiger partial charge in [0.15, 0.2) is 0 Å². The first-order chi connectivity index (χ1) is 10.0. The van der Waals surface area contributed by atoms with Gasteiger partial charge in [0.2, 0.25) is 5.91 Å². The lowest BCUT2D eigenvalue weighted by molar-refractivity contribution is -0.117.